The zero-order chi connectivity index (χ0) is 10.5. The highest BCUT2D eigenvalue weighted by Crippen LogP contribution is 2.29. The van der Waals surface area contributed by atoms with Gasteiger partial charge < -0.3 is 10.5 Å². The fourth-order valence-electron chi connectivity index (χ4n) is 0.899. The summed E-state index contributed by atoms with van der Waals surface area (Å²) in [4.78, 5) is 10.9. The van der Waals surface area contributed by atoms with Crippen LogP contribution in [0.3, 0.4) is 0 Å². The van der Waals surface area contributed by atoms with Crippen LogP contribution in [0.1, 0.15) is 20.8 Å². The van der Waals surface area contributed by atoms with Crippen molar-refractivity contribution in [3.63, 3.8) is 0 Å². The summed E-state index contributed by atoms with van der Waals surface area (Å²) in [7, 11) is 1.40. The highest BCUT2D eigenvalue weighted by atomic mass is 32.2. The van der Waals surface area contributed by atoms with Gasteiger partial charge in [-0.15, -0.1) is 11.8 Å². The lowest BCUT2D eigenvalue weighted by atomic mass is 9.92. The zero-order valence-corrected chi connectivity index (χ0v) is 9.61. The maximum absolute atomic E-state index is 10.9. The molecule has 0 bridgehead atoms. The molecule has 0 amide bonds. The van der Waals surface area contributed by atoms with Crippen LogP contribution in [0.4, 0.5) is 0 Å². The van der Waals surface area contributed by atoms with Gasteiger partial charge in [-0.2, -0.15) is 0 Å². The first-order valence-electron chi connectivity index (χ1n) is 4.30. The second kappa shape index (κ2) is 5.50. The number of methoxy groups -OCH3 is 1. The monoisotopic (exact) mass is 205 g/mol. The van der Waals surface area contributed by atoms with Gasteiger partial charge in [0, 0.05) is 11.8 Å². The van der Waals surface area contributed by atoms with Crippen molar-refractivity contribution in [3.8, 4) is 0 Å². The summed E-state index contributed by atoms with van der Waals surface area (Å²) in [5.74, 6) is 0.197. The molecule has 78 valence electrons. The summed E-state index contributed by atoms with van der Waals surface area (Å²) in [5, 5.41) is 0.298. The van der Waals surface area contributed by atoms with E-state index in [4.69, 9.17) is 5.73 Å². The van der Waals surface area contributed by atoms with Crippen LogP contribution in [-0.2, 0) is 9.53 Å². The molecule has 0 rings (SSSR count). The van der Waals surface area contributed by atoms with Crippen molar-refractivity contribution in [1.29, 1.82) is 0 Å². The van der Waals surface area contributed by atoms with Crippen molar-refractivity contribution in [2.75, 3.05) is 19.4 Å². The topological polar surface area (TPSA) is 52.3 Å². The van der Waals surface area contributed by atoms with Crippen LogP contribution in [0.5, 0.6) is 0 Å². The average Bonchev–Trinajstić information content (AvgIpc) is 2.02. The van der Waals surface area contributed by atoms with E-state index in [2.05, 4.69) is 25.5 Å². The van der Waals surface area contributed by atoms with Gasteiger partial charge in [-0.3, -0.25) is 4.79 Å². The molecule has 0 aromatic rings. The molecule has 0 aromatic carbocycles. The number of rotatable bonds is 4. The van der Waals surface area contributed by atoms with Gasteiger partial charge in [0.05, 0.1) is 12.9 Å². The minimum Gasteiger partial charge on any atom is -0.468 e. The SMILES string of the molecule is COC(=O)CSC(CN)C(C)(C)C. The van der Waals surface area contributed by atoms with Crippen LogP contribution >= 0.6 is 11.8 Å². The number of hydrogen-bond acceptors (Lipinski definition) is 4. The zero-order valence-electron chi connectivity index (χ0n) is 8.79. The molecule has 1 unspecified atom stereocenters. The van der Waals surface area contributed by atoms with Gasteiger partial charge in [-0.05, 0) is 5.41 Å². The Labute approximate surface area is 84.4 Å². The Morgan fingerprint density at radius 1 is 1.54 bits per heavy atom. The summed E-state index contributed by atoms with van der Waals surface area (Å²) in [6.45, 7) is 6.95. The molecule has 0 spiro atoms. The lowest BCUT2D eigenvalue weighted by Gasteiger charge is -2.28. The second-order valence-electron chi connectivity index (χ2n) is 3.98. The predicted molar refractivity (Wildman–Crippen MR) is 56.8 cm³/mol. The summed E-state index contributed by atoms with van der Waals surface area (Å²) in [5.41, 5.74) is 5.75. The molecule has 0 saturated carbocycles. The Hall–Kier alpha value is -0.220. The fraction of sp³-hybridized carbons (Fsp3) is 0.889. The Balaban J connectivity index is 3.93. The lowest BCUT2D eigenvalue weighted by Crippen LogP contribution is -2.31. The van der Waals surface area contributed by atoms with E-state index >= 15 is 0 Å². The Morgan fingerprint density at radius 2 is 2.08 bits per heavy atom. The molecule has 0 aliphatic heterocycles. The molecule has 0 heterocycles. The van der Waals surface area contributed by atoms with Crippen LogP contribution in [0.15, 0.2) is 0 Å². The molecule has 3 nitrogen and oxygen atoms in total. The van der Waals surface area contributed by atoms with E-state index < -0.39 is 0 Å². The standard InChI is InChI=1S/C9H19NO2S/c1-9(2,3)7(5-10)13-6-8(11)12-4/h7H,5-6,10H2,1-4H3. The third-order valence-corrected chi connectivity index (χ3v) is 3.51. The molecule has 0 radical (unpaired) electrons. The quantitative estimate of drug-likeness (QED) is 0.702. The number of esters is 1. The minimum absolute atomic E-state index is 0.132. The molecular weight excluding hydrogens is 186 g/mol. The van der Waals surface area contributed by atoms with Crippen molar-refractivity contribution in [3.05, 3.63) is 0 Å². The number of nitrogens with two attached hydrogens (primary N) is 1. The Morgan fingerprint density at radius 3 is 2.38 bits per heavy atom. The first-order valence-corrected chi connectivity index (χ1v) is 5.35. The van der Waals surface area contributed by atoms with Crippen LogP contribution in [0.25, 0.3) is 0 Å². The molecule has 0 saturated heterocycles. The predicted octanol–water partition coefficient (Wildman–Crippen LogP) is 1.27. The second-order valence-corrected chi connectivity index (χ2v) is 5.17. The number of thioether (sulfide) groups is 1. The number of ether oxygens (including phenoxy) is 1. The van der Waals surface area contributed by atoms with Crippen molar-refractivity contribution in [1.82, 2.24) is 0 Å². The first kappa shape index (κ1) is 12.8. The van der Waals surface area contributed by atoms with E-state index in [0.29, 0.717) is 17.5 Å². The van der Waals surface area contributed by atoms with Crippen molar-refractivity contribution in [2.24, 2.45) is 11.1 Å². The number of hydrogen-bond donors (Lipinski definition) is 1. The summed E-state index contributed by atoms with van der Waals surface area (Å²) < 4.78 is 4.56. The largest absolute Gasteiger partial charge is 0.468 e. The molecule has 0 aliphatic rings. The fourth-order valence-corrected chi connectivity index (χ4v) is 1.99. The normalized spacial score (nSPS) is 13.9. The molecule has 2 N–H and O–H groups in total. The van der Waals surface area contributed by atoms with Gasteiger partial charge in [0.15, 0.2) is 0 Å². The number of carbonyl (C=O) groups excluding carboxylic acids is 1. The van der Waals surface area contributed by atoms with Crippen LogP contribution in [-0.4, -0.2) is 30.6 Å². The highest BCUT2D eigenvalue weighted by molar-refractivity contribution is 8.00. The molecule has 4 heteroatoms. The van der Waals surface area contributed by atoms with Crippen molar-refractivity contribution < 1.29 is 9.53 Å². The van der Waals surface area contributed by atoms with Crippen molar-refractivity contribution in [2.45, 2.75) is 26.0 Å². The third-order valence-electron chi connectivity index (χ3n) is 1.81. The first-order chi connectivity index (χ1) is 5.91. The van der Waals surface area contributed by atoms with E-state index in [0.717, 1.165) is 0 Å². The van der Waals surface area contributed by atoms with E-state index in [1.807, 2.05) is 0 Å². The highest BCUT2D eigenvalue weighted by Gasteiger charge is 2.24. The Kier molecular flexibility index (Phi) is 5.40. The van der Waals surface area contributed by atoms with Crippen LogP contribution < -0.4 is 5.73 Å². The molecule has 1 atom stereocenters. The van der Waals surface area contributed by atoms with Gasteiger partial charge in [0.1, 0.15) is 0 Å². The van der Waals surface area contributed by atoms with E-state index in [-0.39, 0.29) is 11.4 Å². The summed E-state index contributed by atoms with van der Waals surface area (Å²) in [6.07, 6.45) is 0. The molecule has 13 heavy (non-hydrogen) atoms. The molecule has 0 fully saturated rings. The van der Waals surface area contributed by atoms with Crippen LogP contribution in [0.2, 0.25) is 0 Å². The summed E-state index contributed by atoms with van der Waals surface area (Å²) >= 11 is 1.56. The van der Waals surface area contributed by atoms with Gasteiger partial charge >= 0.3 is 5.97 Å². The Bertz CT molecular complexity index is 165. The maximum atomic E-state index is 10.9. The number of carbonyl (C=O) groups is 1. The van der Waals surface area contributed by atoms with Crippen LogP contribution in [0, 0.1) is 5.41 Å². The molecular formula is C9H19NO2S. The van der Waals surface area contributed by atoms with E-state index in [1.54, 1.807) is 11.8 Å². The van der Waals surface area contributed by atoms with Gasteiger partial charge in [0.25, 0.3) is 0 Å². The van der Waals surface area contributed by atoms with E-state index in [9.17, 15) is 4.79 Å². The smallest absolute Gasteiger partial charge is 0.315 e. The van der Waals surface area contributed by atoms with Gasteiger partial charge in [-0.1, -0.05) is 20.8 Å². The van der Waals surface area contributed by atoms with Gasteiger partial charge in [-0.25, -0.2) is 0 Å². The molecule has 0 aliphatic carbocycles. The minimum atomic E-state index is -0.187. The van der Waals surface area contributed by atoms with Gasteiger partial charge in [0.2, 0.25) is 0 Å². The van der Waals surface area contributed by atoms with E-state index in [1.165, 1.54) is 7.11 Å². The van der Waals surface area contributed by atoms with Crippen molar-refractivity contribution >= 4 is 17.7 Å². The third kappa shape index (κ3) is 5.16. The summed E-state index contributed by atoms with van der Waals surface area (Å²) in [6, 6.07) is 0. The maximum Gasteiger partial charge on any atom is 0.315 e. The lowest BCUT2D eigenvalue weighted by molar-refractivity contribution is -0.137. The average molecular weight is 205 g/mol. The molecule has 0 aromatic heterocycles.